The summed E-state index contributed by atoms with van der Waals surface area (Å²) < 4.78 is 11.3. The second kappa shape index (κ2) is 7.43. The highest BCUT2D eigenvalue weighted by Gasteiger charge is 2.22. The number of ether oxygens (including phenoxy) is 1. The maximum atomic E-state index is 12.7. The molecular weight excluding hydrogens is 370 g/mol. The van der Waals surface area contributed by atoms with Crippen LogP contribution in [0.1, 0.15) is 29.9 Å². The largest absolute Gasteiger partial charge is 0.480 e. The van der Waals surface area contributed by atoms with E-state index < -0.39 is 0 Å². The molecule has 1 aliphatic rings. The maximum Gasteiger partial charge on any atom is 0.263 e. The number of furan rings is 1. The van der Waals surface area contributed by atoms with E-state index in [9.17, 15) is 9.59 Å². The Hall–Kier alpha value is -3.61. The van der Waals surface area contributed by atoms with E-state index in [1.807, 2.05) is 38.1 Å². The molecule has 1 unspecified atom stereocenters. The quantitative estimate of drug-likeness (QED) is 0.686. The van der Waals surface area contributed by atoms with Crippen molar-refractivity contribution in [1.29, 1.82) is 0 Å². The number of pyridine rings is 1. The van der Waals surface area contributed by atoms with Crippen LogP contribution in [-0.2, 0) is 9.59 Å². The van der Waals surface area contributed by atoms with Gasteiger partial charge in [0.15, 0.2) is 18.2 Å². The predicted molar refractivity (Wildman–Crippen MR) is 110 cm³/mol. The molecule has 7 nitrogen and oxygen atoms in total. The molecule has 0 saturated carbocycles. The zero-order valence-electron chi connectivity index (χ0n) is 16.4. The van der Waals surface area contributed by atoms with Crippen LogP contribution in [0.3, 0.4) is 0 Å². The molecule has 0 bridgehead atoms. The number of nitrogens with one attached hydrogen (secondary N) is 1. The van der Waals surface area contributed by atoms with Crippen molar-refractivity contribution in [3.63, 3.8) is 0 Å². The normalized spacial score (nSPS) is 14.4. The summed E-state index contributed by atoms with van der Waals surface area (Å²) in [6.07, 6.45) is 4.73. The second-order valence-corrected chi connectivity index (χ2v) is 7.00. The minimum atomic E-state index is -0.236. The summed E-state index contributed by atoms with van der Waals surface area (Å²) in [5.74, 6) is 1.24. The molecule has 3 aromatic rings. The van der Waals surface area contributed by atoms with Crippen molar-refractivity contribution < 1.29 is 18.7 Å². The number of hydrogen-bond acceptors (Lipinski definition) is 5. The molecule has 2 amide bonds. The highest BCUT2D eigenvalue weighted by molar-refractivity contribution is 5.95. The number of para-hydroxylation sites is 1. The summed E-state index contributed by atoms with van der Waals surface area (Å²) in [4.78, 5) is 29.8. The maximum absolute atomic E-state index is 12.7. The van der Waals surface area contributed by atoms with Crippen LogP contribution in [0.2, 0.25) is 0 Å². The lowest BCUT2D eigenvalue weighted by molar-refractivity contribution is -0.126. The van der Waals surface area contributed by atoms with E-state index in [1.165, 1.54) is 6.08 Å². The van der Waals surface area contributed by atoms with Crippen LogP contribution >= 0.6 is 0 Å². The molecule has 0 aliphatic carbocycles. The van der Waals surface area contributed by atoms with Gasteiger partial charge in [-0.25, -0.2) is 4.98 Å². The lowest BCUT2D eigenvalue weighted by Gasteiger charge is -2.22. The number of aromatic nitrogens is 1. The first-order chi connectivity index (χ1) is 13.9. The van der Waals surface area contributed by atoms with Crippen LogP contribution in [-0.4, -0.2) is 35.4 Å². The predicted octanol–water partition coefficient (Wildman–Crippen LogP) is 3.70. The van der Waals surface area contributed by atoms with Gasteiger partial charge in [0, 0.05) is 30.3 Å². The highest BCUT2D eigenvalue weighted by Crippen LogP contribution is 2.32. The van der Waals surface area contributed by atoms with E-state index in [0.29, 0.717) is 17.1 Å². The molecule has 1 aliphatic heterocycles. The molecule has 0 saturated heterocycles. The number of carbonyl (C=O) groups excluding carboxylic acids is 2. The third-order valence-electron chi connectivity index (χ3n) is 5.10. The van der Waals surface area contributed by atoms with Gasteiger partial charge < -0.3 is 19.4 Å². The molecule has 29 heavy (non-hydrogen) atoms. The van der Waals surface area contributed by atoms with Crippen molar-refractivity contribution in [3.8, 4) is 5.75 Å². The zero-order valence-corrected chi connectivity index (χ0v) is 16.4. The Morgan fingerprint density at radius 1 is 1.34 bits per heavy atom. The molecule has 7 heteroatoms. The summed E-state index contributed by atoms with van der Waals surface area (Å²) in [7, 11) is 1.74. The fourth-order valence-corrected chi connectivity index (χ4v) is 3.31. The Morgan fingerprint density at radius 2 is 2.14 bits per heavy atom. The fraction of sp³-hybridized carbons (Fsp3) is 0.227. The van der Waals surface area contributed by atoms with Gasteiger partial charge in [-0.15, -0.1) is 0 Å². The minimum Gasteiger partial charge on any atom is -0.480 e. The number of amides is 2. The van der Waals surface area contributed by atoms with Crippen LogP contribution in [0.4, 0.5) is 5.82 Å². The summed E-state index contributed by atoms with van der Waals surface area (Å²) in [5, 5.41) is 3.69. The van der Waals surface area contributed by atoms with Crippen molar-refractivity contribution in [3.05, 3.63) is 59.5 Å². The summed E-state index contributed by atoms with van der Waals surface area (Å²) >= 11 is 0. The molecule has 0 radical (unpaired) electrons. The topological polar surface area (TPSA) is 84.7 Å². The smallest absolute Gasteiger partial charge is 0.263 e. The number of carbonyl (C=O) groups is 2. The first-order valence-electron chi connectivity index (χ1n) is 9.29. The molecule has 2 aromatic heterocycles. The van der Waals surface area contributed by atoms with Gasteiger partial charge in [0.25, 0.3) is 5.91 Å². The Kier molecular flexibility index (Phi) is 4.80. The van der Waals surface area contributed by atoms with Gasteiger partial charge in [0.2, 0.25) is 5.91 Å². The van der Waals surface area contributed by atoms with Gasteiger partial charge in [-0.05, 0) is 37.6 Å². The number of rotatable bonds is 4. The standard InChI is InChI=1S/C22H21N3O4/c1-13-16-6-4-5-7-17(16)29-21(13)14(2)25(3)20(27)9-8-15-10-18-22(23-11-15)24-19(26)12-28-18/h4-11,14H,12H2,1-3H3,(H,23,24,26)/b9-8+. The van der Waals surface area contributed by atoms with Crippen LogP contribution in [0, 0.1) is 6.92 Å². The van der Waals surface area contributed by atoms with E-state index in [1.54, 1.807) is 30.3 Å². The van der Waals surface area contributed by atoms with E-state index in [2.05, 4.69) is 10.3 Å². The molecule has 4 rings (SSSR count). The minimum absolute atomic E-state index is 0.0438. The monoisotopic (exact) mass is 391 g/mol. The van der Waals surface area contributed by atoms with Gasteiger partial charge >= 0.3 is 0 Å². The van der Waals surface area contributed by atoms with Gasteiger partial charge in [0.05, 0.1) is 6.04 Å². The second-order valence-electron chi connectivity index (χ2n) is 7.00. The van der Waals surface area contributed by atoms with Crippen molar-refractivity contribution in [1.82, 2.24) is 9.88 Å². The summed E-state index contributed by atoms with van der Waals surface area (Å²) in [6.45, 7) is 3.90. The molecule has 1 atom stereocenters. The molecule has 148 valence electrons. The number of likely N-dealkylation sites (N-methyl/N-ethyl adjacent to an activating group) is 1. The van der Waals surface area contributed by atoms with E-state index in [4.69, 9.17) is 9.15 Å². The number of anilines is 1. The van der Waals surface area contributed by atoms with Crippen molar-refractivity contribution >= 4 is 34.7 Å². The van der Waals surface area contributed by atoms with Crippen LogP contribution in [0.25, 0.3) is 17.0 Å². The molecule has 1 aromatic carbocycles. The first-order valence-corrected chi connectivity index (χ1v) is 9.29. The lowest BCUT2D eigenvalue weighted by atomic mass is 10.1. The summed E-state index contributed by atoms with van der Waals surface area (Å²) in [6, 6.07) is 9.35. The van der Waals surface area contributed by atoms with E-state index in [0.717, 1.165) is 22.3 Å². The van der Waals surface area contributed by atoms with Crippen molar-refractivity contribution in [2.24, 2.45) is 0 Å². The van der Waals surface area contributed by atoms with Gasteiger partial charge in [-0.1, -0.05) is 18.2 Å². The number of hydrogen-bond donors (Lipinski definition) is 1. The van der Waals surface area contributed by atoms with E-state index in [-0.39, 0.29) is 24.5 Å². The highest BCUT2D eigenvalue weighted by atomic mass is 16.5. The molecule has 0 fully saturated rings. The van der Waals surface area contributed by atoms with Gasteiger partial charge in [-0.3, -0.25) is 9.59 Å². The number of fused-ring (bicyclic) bond motifs is 2. The zero-order chi connectivity index (χ0) is 20.5. The van der Waals surface area contributed by atoms with Crippen molar-refractivity contribution in [2.45, 2.75) is 19.9 Å². The van der Waals surface area contributed by atoms with Gasteiger partial charge in [-0.2, -0.15) is 0 Å². The number of nitrogens with zero attached hydrogens (tertiary/aromatic N) is 2. The third kappa shape index (κ3) is 3.59. The van der Waals surface area contributed by atoms with Crippen LogP contribution < -0.4 is 10.1 Å². The Bertz CT molecular complexity index is 1130. The van der Waals surface area contributed by atoms with Gasteiger partial charge in [0.1, 0.15) is 11.3 Å². The van der Waals surface area contributed by atoms with Crippen LogP contribution in [0.15, 0.2) is 47.0 Å². The summed E-state index contributed by atoms with van der Waals surface area (Å²) in [5.41, 5.74) is 2.56. The Morgan fingerprint density at radius 3 is 2.93 bits per heavy atom. The number of aryl methyl sites for hydroxylation is 1. The fourth-order valence-electron chi connectivity index (χ4n) is 3.31. The molecule has 1 N–H and O–H groups in total. The SMILES string of the molecule is Cc1c(C(C)N(C)C(=O)/C=C/c2cnc3c(c2)OCC(=O)N3)oc2ccccc12. The van der Waals surface area contributed by atoms with Crippen molar-refractivity contribution in [2.75, 3.05) is 19.0 Å². The molecule has 0 spiro atoms. The lowest BCUT2D eigenvalue weighted by Crippen LogP contribution is -2.28. The molecular formula is C22H21N3O4. The third-order valence-corrected chi connectivity index (χ3v) is 5.10. The Balaban J connectivity index is 1.50. The Labute approximate surface area is 168 Å². The molecule has 3 heterocycles. The first kappa shape index (κ1) is 18.7. The van der Waals surface area contributed by atoms with Crippen LogP contribution in [0.5, 0.6) is 5.75 Å². The number of benzene rings is 1. The van der Waals surface area contributed by atoms with E-state index >= 15 is 0 Å². The average Bonchev–Trinajstić information content (AvgIpc) is 3.07. The average molecular weight is 391 g/mol.